The number of rotatable bonds is 7. The Labute approximate surface area is 192 Å². The third kappa shape index (κ3) is 3.94. The average Bonchev–Trinajstić information content (AvgIpc) is 3.43. The summed E-state index contributed by atoms with van der Waals surface area (Å²) in [6.45, 7) is 9.83. The Balaban J connectivity index is 1.92. The van der Waals surface area contributed by atoms with Crippen LogP contribution in [-0.4, -0.2) is 22.7 Å². The van der Waals surface area contributed by atoms with Gasteiger partial charge in [-0.05, 0) is 68.8 Å². The highest BCUT2D eigenvalue weighted by molar-refractivity contribution is 5.70. The van der Waals surface area contributed by atoms with Crippen LogP contribution in [0.25, 0.3) is 27.7 Å². The van der Waals surface area contributed by atoms with Crippen LogP contribution in [-0.2, 0) is 6.42 Å². The van der Waals surface area contributed by atoms with E-state index in [1.807, 2.05) is 0 Å². The summed E-state index contributed by atoms with van der Waals surface area (Å²) in [6, 6.07) is -4.51. The topological polar surface area (TPSA) is 64.5 Å². The van der Waals surface area contributed by atoms with E-state index in [9.17, 15) is 0 Å². The molecule has 0 spiro atoms. The summed E-state index contributed by atoms with van der Waals surface area (Å²) in [4.78, 5) is 7.46. The van der Waals surface area contributed by atoms with Gasteiger partial charge >= 0.3 is 0 Å². The second-order valence-corrected chi connectivity index (χ2v) is 6.60. The lowest BCUT2D eigenvalue weighted by Gasteiger charge is -2.13. The van der Waals surface area contributed by atoms with Gasteiger partial charge in [0.1, 0.15) is 5.75 Å². The SMILES string of the molecule is [2H]c1c([2H])c(-c2noc(-c3c([2H])c([2H])c(OC([2H])(C)C)c([N+]#[C-])c3[2H])n2)c2c(c1[2H])[C@@H](NC([2H])([2H])CC)C([2H])([2H])C2. The van der Waals surface area contributed by atoms with E-state index < -0.39 is 78.6 Å². The molecule has 1 aliphatic rings. The Bertz CT molecular complexity index is 1590. The van der Waals surface area contributed by atoms with Crippen molar-refractivity contribution in [1.82, 2.24) is 15.5 Å². The van der Waals surface area contributed by atoms with Gasteiger partial charge < -0.3 is 14.6 Å². The van der Waals surface area contributed by atoms with Crippen LogP contribution in [0.2, 0.25) is 0 Å². The summed E-state index contributed by atoms with van der Waals surface area (Å²) < 4.78 is 103. The number of ether oxygens (including phenoxy) is 1. The molecule has 0 fully saturated rings. The maximum absolute atomic E-state index is 8.57. The lowest BCUT2D eigenvalue weighted by atomic mass is 10.0. The lowest BCUT2D eigenvalue weighted by molar-refractivity contribution is 0.244. The van der Waals surface area contributed by atoms with E-state index in [0.29, 0.717) is 0 Å². The molecule has 1 aliphatic carbocycles. The molecule has 0 unspecified atom stereocenters. The quantitative estimate of drug-likeness (QED) is 0.501. The molecule has 0 saturated heterocycles. The number of hydrogen-bond donors (Lipinski definition) is 1. The first kappa shape index (κ1) is 10.7. The van der Waals surface area contributed by atoms with Crippen molar-refractivity contribution in [3.05, 3.63) is 58.8 Å². The molecule has 3 aromatic rings. The standard InChI is InChI=1S/C24H26N4O2/c1-5-13-26-20-11-10-17-18(20)7-6-8-19(17)23-27-24(30-28-23)16-9-12-22(29-15(2)3)21(14-16)25-4/h6-9,12,14-15,20,26H,5,10-11,13H2,1-3H3/t20-/m0/s1/i6D,7D,8D,9D,11D2,12D,13D2,14D,15D. The fourth-order valence-corrected chi connectivity index (χ4v) is 2.98. The highest BCUT2D eigenvalue weighted by Gasteiger charge is 2.26. The molecule has 30 heavy (non-hydrogen) atoms. The first-order valence-electron chi connectivity index (χ1n) is 14.8. The van der Waals surface area contributed by atoms with E-state index in [1.165, 1.54) is 13.8 Å². The van der Waals surface area contributed by atoms with Gasteiger partial charge in [0.15, 0.2) is 0 Å². The van der Waals surface area contributed by atoms with Crippen molar-refractivity contribution in [3.63, 3.8) is 0 Å². The van der Waals surface area contributed by atoms with Gasteiger partial charge in [0.25, 0.3) is 5.89 Å². The Morgan fingerprint density at radius 3 is 3.10 bits per heavy atom. The van der Waals surface area contributed by atoms with Gasteiger partial charge in [0.2, 0.25) is 11.5 Å². The molecule has 0 aliphatic heterocycles. The third-order valence-electron chi connectivity index (χ3n) is 4.25. The zero-order chi connectivity index (χ0) is 30.8. The molecule has 154 valence electrons. The smallest absolute Gasteiger partial charge is 0.256 e. The van der Waals surface area contributed by atoms with E-state index >= 15 is 0 Å². The number of nitrogens with one attached hydrogen (secondary N) is 1. The van der Waals surface area contributed by atoms with Crippen molar-refractivity contribution in [2.45, 2.75) is 52.1 Å². The molecular weight excluding hydrogens is 376 g/mol. The first-order chi connectivity index (χ1) is 18.8. The van der Waals surface area contributed by atoms with Crippen LogP contribution in [0.15, 0.2) is 40.8 Å². The van der Waals surface area contributed by atoms with Crippen LogP contribution < -0.4 is 10.1 Å². The van der Waals surface area contributed by atoms with E-state index in [-0.39, 0.29) is 40.9 Å². The summed E-state index contributed by atoms with van der Waals surface area (Å²) in [7, 11) is 0. The lowest BCUT2D eigenvalue weighted by Crippen LogP contribution is -2.19. The number of fused-ring (bicyclic) bond motifs is 1. The van der Waals surface area contributed by atoms with Crippen molar-refractivity contribution in [3.8, 4) is 28.6 Å². The molecule has 0 radical (unpaired) electrons. The van der Waals surface area contributed by atoms with Crippen LogP contribution in [0.1, 0.15) is 65.8 Å². The van der Waals surface area contributed by atoms with Crippen LogP contribution in [0.4, 0.5) is 5.69 Å². The highest BCUT2D eigenvalue weighted by Crippen LogP contribution is 2.38. The van der Waals surface area contributed by atoms with Gasteiger partial charge in [-0.2, -0.15) is 4.98 Å². The normalized spacial score (nSPS) is 23.0. The largest absolute Gasteiger partial charge is 0.502 e. The second-order valence-electron chi connectivity index (χ2n) is 6.60. The molecule has 0 bridgehead atoms. The van der Waals surface area contributed by atoms with Crippen molar-refractivity contribution in [2.75, 3.05) is 6.50 Å². The highest BCUT2D eigenvalue weighted by atomic mass is 16.5. The number of benzene rings is 2. The molecule has 6 heteroatoms. The molecule has 1 atom stereocenters. The molecular formula is C24H26N4O2. The second kappa shape index (κ2) is 8.68. The van der Waals surface area contributed by atoms with Crippen LogP contribution in [0.5, 0.6) is 5.75 Å². The molecule has 0 amide bonds. The van der Waals surface area contributed by atoms with Gasteiger partial charge in [0.05, 0.1) is 20.9 Å². The van der Waals surface area contributed by atoms with E-state index in [0.717, 1.165) is 0 Å². The van der Waals surface area contributed by atoms with Crippen molar-refractivity contribution in [2.24, 2.45) is 0 Å². The van der Waals surface area contributed by atoms with Gasteiger partial charge in [0, 0.05) is 24.0 Å². The molecule has 1 N–H and O–H groups in total. The van der Waals surface area contributed by atoms with Crippen LogP contribution in [0, 0.1) is 6.57 Å². The van der Waals surface area contributed by atoms with E-state index in [2.05, 4.69) is 20.3 Å². The van der Waals surface area contributed by atoms with E-state index in [1.54, 1.807) is 6.92 Å². The van der Waals surface area contributed by atoms with E-state index in [4.69, 9.17) is 30.9 Å². The summed E-state index contributed by atoms with van der Waals surface area (Å²) in [6.07, 6.45) is -4.01. The monoisotopic (exact) mass is 413 g/mol. The molecule has 1 heterocycles. The van der Waals surface area contributed by atoms with Crippen LogP contribution in [0.3, 0.4) is 0 Å². The minimum Gasteiger partial charge on any atom is -0.502 e. The number of aromatic nitrogens is 2. The van der Waals surface area contributed by atoms with Crippen molar-refractivity contribution in [1.29, 1.82) is 0 Å². The summed E-state index contributed by atoms with van der Waals surface area (Å²) >= 11 is 0. The van der Waals surface area contributed by atoms with Crippen molar-refractivity contribution < 1.29 is 24.3 Å². The predicted molar refractivity (Wildman–Crippen MR) is 117 cm³/mol. The van der Waals surface area contributed by atoms with Gasteiger partial charge in [-0.3, -0.25) is 0 Å². The maximum Gasteiger partial charge on any atom is 0.256 e. The Morgan fingerprint density at radius 2 is 2.33 bits per heavy atom. The molecule has 0 saturated carbocycles. The Kier molecular flexibility index (Phi) is 3.11. The predicted octanol–water partition coefficient (Wildman–Crippen LogP) is 5.73. The number of hydrogen-bond acceptors (Lipinski definition) is 5. The number of nitrogens with zero attached hydrogens (tertiary/aromatic N) is 3. The summed E-state index contributed by atoms with van der Waals surface area (Å²) in [5, 5.41) is 6.46. The fourth-order valence-electron chi connectivity index (χ4n) is 2.98. The molecule has 6 nitrogen and oxygen atoms in total. The minimum absolute atomic E-state index is 0.000262. The van der Waals surface area contributed by atoms with Crippen LogP contribution >= 0.6 is 0 Å². The maximum atomic E-state index is 8.57. The third-order valence-corrected chi connectivity index (χ3v) is 4.25. The summed E-state index contributed by atoms with van der Waals surface area (Å²) in [5.74, 6) is -1.16. The fraction of sp³-hybridized carbons (Fsp3) is 0.375. The molecule has 4 rings (SSSR count). The van der Waals surface area contributed by atoms with Gasteiger partial charge in [-0.25, -0.2) is 4.85 Å². The zero-order valence-electron chi connectivity index (χ0n) is 27.6. The first-order valence-corrected chi connectivity index (χ1v) is 9.30. The van der Waals surface area contributed by atoms with Crippen molar-refractivity contribution >= 4 is 5.69 Å². The Morgan fingerprint density at radius 1 is 1.47 bits per heavy atom. The zero-order valence-corrected chi connectivity index (χ0v) is 16.6. The average molecular weight is 414 g/mol. The molecule has 2 aromatic carbocycles. The van der Waals surface area contributed by atoms with Gasteiger partial charge in [-0.1, -0.05) is 30.2 Å². The molecule has 1 aromatic heterocycles. The minimum atomic E-state index is -2.10. The summed E-state index contributed by atoms with van der Waals surface area (Å²) in [5.41, 5.74) is -0.805. The van der Waals surface area contributed by atoms with Gasteiger partial charge in [-0.15, -0.1) is 0 Å². The Hall–Kier alpha value is -3.17.